The highest BCUT2D eigenvalue weighted by Gasteiger charge is 2.52. The van der Waals surface area contributed by atoms with Crippen LogP contribution in [-0.2, 0) is 19.4 Å². The second kappa shape index (κ2) is 8.69. The van der Waals surface area contributed by atoms with Gasteiger partial charge in [0.25, 0.3) is 0 Å². The Balaban J connectivity index is 2.30. The van der Waals surface area contributed by atoms with E-state index in [1.165, 1.54) is 0 Å². The third-order valence-corrected chi connectivity index (χ3v) is 16.5. The predicted octanol–water partition coefficient (Wildman–Crippen LogP) is 6.19. The monoisotopic (exact) mass is 517 g/mol. The van der Waals surface area contributed by atoms with Gasteiger partial charge in [-0.2, -0.15) is 0 Å². The Labute approximate surface area is 193 Å². The number of nitrogens with zero attached hydrogens (tertiary/aromatic N) is 1. The SMILES string of the molecule is CC(C)(C)[Si](C)(C)OC[C@H]1O[C@@](O)(c2cccc(Br)n2)C[C@@H]1O[Si](C)(C)C(C)(C)C. The average Bonchev–Trinajstić information content (AvgIpc) is 2.87. The molecule has 1 aromatic rings. The Hall–Kier alpha value is -0.0962. The first kappa shape index (κ1) is 26.2. The Kier molecular flexibility index (Phi) is 7.57. The van der Waals surface area contributed by atoms with Crippen molar-refractivity contribution in [3.05, 3.63) is 28.5 Å². The average molecular weight is 519 g/mol. The van der Waals surface area contributed by atoms with Crippen molar-refractivity contribution in [3.63, 3.8) is 0 Å². The Bertz CT molecular complexity index is 745. The minimum Gasteiger partial charge on any atom is -0.414 e. The van der Waals surface area contributed by atoms with E-state index in [1.54, 1.807) is 6.07 Å². The van der Waals surface area contributed by atoms with Crippen LogP contribution in [0, 0.1) is 0 Å². The number of hydrogen-bond donors (Lipinski definition) is 1. The van der Waals surface area contributed by atoms with Crippen molar-refractivity contribution in [2.75, 3.05) is 6.61 Å². The van der Waals surface area contributed by atoms with E-state index in [9.17, 15) is 5.11 Å². The van der Waals surface area contributed by atoms with E-state index < -0.39 is 22.4 Å². The maximum atomic E-state index is 11.4. The molecule has 2 heterocycles. The lowest BCUT2D eigenvalue weighted by Crippen LogP contribution is -2.48. The molecule has 0 unspecified atom stereocenters. The van der Waals surface area contributed by atoms with Crippen molar-refractivity contribution in [1.82, 2.24) is 4.98 Å². The van der Waals surface area contributed by atoms with Gasteiger partial charge in [-0.15, -0.1) is 0 Å². The number of halogens is 1. The number of pyridine rings is 1. The number of aliphatic hydroxyl groups is 1. The molecule has 0 bridgehead atoms. The van der Waals surface area contributed by atoms with Crippen molar-refractivity contribution in [1.29, 1.82) is 0 Å². The summed E-state index contributed by atoms with van der Waals surface area (Å²) in [7, 11) is -4.02. The lowest BCUT2D eigenvalue weighted by molar-refractivity contribution is -0.208. The predicted molar refractivity (Wildman–Crippen MR) is 131 cm³/mol. The Morgan fingerprint density at radius 3 is 2.17 bits per heavy atom. The van der Waals surface area contributed by atoms with Crippen LogP contribution in [0.1, 0.15) is 53.7 Å². The summed E-state index contributed by atoms with van der Waals surface area (Å²) in [4.78, 5) is 4.45. The van der Waals surface area contributed by atoms with E-state index in [1.807, 2.05) is 12.1 Å². The molecular weight excluding hydrogens is 478 g/mol. The zero-order chi connectivity index (χ0) is 23.2. The summed E-state index contributed by atoms with van der Waals surface area (Å²) >= 11 is 3.40. The fourth-order valence-electron chi connectivity index (χ4n) is 2.89. The van der Waals surface area contributed by atoms with Crippen LogP contribution in [0.5, 0.6) is 0 Å². The smallest absolute Gasteiger partial charge is 0.212 e. The van der Waals surface area contributed by atoms with Crippen LogP contribution in [0.3, 0.4) is 0 Å². The molecule has 0 amide bonds. The zero-order valence-electron chi connectivity index (χ0n) is 20.3. The maximum Gasteiger partial charge on any atom is 0.212 e. The minimum absolute atomic E-state index is 0.0621. The molecule has 0 aromatic carbocycles. The highest BCUT2D eigenvalue weighted by Crippen LogP contribution is 2.44. The highest BCUT2D eigenvalue weighted by molar-refractivity contribution is 9.10. The molecule has 1 aliphatic rings. The summed E-state index contributed by atoms with van der Waals surface area (Å²) in [6.07, 6.45) is -0.255. The number of hydrogen-bond acceptors (Lipinski definition) is 5. The molecule has 1 saturated heterocycles. The molecule has 172 valence electrons. The largest absolute Gasteiger partial charge is 0.414 e. The molecule has 1 aliphatic heterocycles. The molecule has 8 heteroatoms. The first-order valence-corrected chi connectivity index (χ1v) is 17.3. The fourth-order valence-corrected chi connectivity index (χ4v) is 5.59. The molecule has 1 fully saturated rings. The summed E-state index contributed by atoms with van der Waals surface area (Å²) in [5.41, 5.74) is 0.496. The molecule has 5 nitrogen and oxygen atoms in total. The second-order valence-electron chi connectivity index (χ2n) is 11.5. The summed E-state index contributed by atoms with van der Waals surface area (Å²) in [6, 6.07) is 5.49. The Morgan fingerprint density at radius 1 is 1.10 bits per heavy atom. The van der Waals surface area contributed by atoms with Gasteiger partial charge in [-0.1, -0.05) is 47.6 Å². The van der Waals surface area contributed by atoms with E-state index >= 15 is 0 Å². The van der Waals surface area contributed by atoms with Gasteiger partial charge in [0, 0.05) is 6.42 Å². The van der Waals surface area contributed by atoms with Crippen molar-refractivity contribution in [2.24, 2.45) is 0 Å². The molecule has 2 rings (SSSR count). The third-order valence-electron chi connectivity index (χ3n) is 7.02. The summed E-state index contributed by atoms with van der Waals surface area (Å²) < 4.78 is 20.1. The van der Waals surface area contributed by atoms with Gasteiger partial charge in [-0.25, -0.2) is 4.98 Å². The van der Waals surface area contributed by atoms with Crippen LogP contribution in [0.2, 0.25) is 36.3 Å². The van der Waals surface area contributed by atoms with Gasteiger partial charge >= 0.3 is 0 Å². The molecule has 1 N–H and O–H groups in total. The summed E-state index contributed by atoms with van der Waals surface area (Å²) in [5, 5.41) is 11.6. The van der Waals surface area contributed by atoms with Crippen molar-refractivity contribution >= 4 is 32.6 Å². The van der Waals surface area contributed by atoms with E-state index in [4.69, 9.17) is 13.6 Å². The highest BCUT2D eigenvalue weighted by atomic mass is 79.9. The van der Waals surface area contributed by atoms with Gasteiger partial charge < -0.3 is 18.7 Å². The first-order chi connectivity index (χ1) is 13.4. The molecule has 0 saturated carbocycles. The Morgan fingerprint density at radius 2 is 1.67 bits per heavy atom. The van der Waals surface area contributed by atoms with E-state index in [0.29, 0.717) is 23.3 Å². The third kappa shape index (κ3) is 5.82. The summed E-state index contributed by atoms with van der Waals surface area (Å²) in [6.45, 7) is 22.7. The molecule has 0 aliphatic carbocycles. The van der Waals surface area contributed by atoms with Crippen LogP contribution in [0.25, 0.3) is 0 Å². The minimum atomic E-state index is -2.06. The van der Waals surface area contributed by atoms with Crippen molar-refractivity contribution in [3.8, 4) is 0 Å². The standard InChI is InChI=1S/C22H40BrNO4Si2/c1-20(2,3)29(7,8)26-15-17-16(28-30(9,10)21(4,5)6)14-22(25,27-17)18-12-11-13-19(23)24-18/h11-13,16-17,25H,14-15H2,1-10H3/t16-,17+,22+/m0/s1. The second-order valence-corrected chi connectivity index (χ2v) is 21.9. The van der Waals surface area contributed by atoms with Gasteiger partial charge in [-0.05, 0) is 64.3 Å². The van der Waals surface area contributed by atoms with Crippen LogP contribution in [-0.4, -0.2) is 45.5 Å². The van der Waals surface area contributed by atoms with Gasteiger partial charge in [0.15, 0.2) is 16.6 Å². The summed E-state index contributed by atoms with van der Waals surface area (Å²) in [5.74, 6) is -1.49. The molecule has 0 radical (unpaired) electrons. The van der Waals surface area contributed by atoms with Gasteiger partial charge in [0.2, 0.25) is 5.79 Å². The number of rotatable bonds is 6. The van der Waals surface area contributed by atoms with E-state index in [-0.39, 0.29) is 22.3 Å². The van der Waals surface area contributed by atoms with Crippen molar-refractivity contribution in [2.45, 2.75) is 102 Å². The molecule has 0 spiro atoms. The van der Waals surface area contributed by atoms with Crippen LogP contribution < -0.4 is 0 Å². The van der Waals surface area contributed by atoms with E-state index in [2.05, 4.69) is 88.6 Å². The molecule has 1 aromatic heterocycles. The topological polar surface area (TPSA) is 60.8 Å². The number of aromatic nitrogens is 1. The zero-order valence-corrected chi connectivity index (χ0v) is 23.9. The van der Waals surface area contributed by atoms with Gasteiger partial charge in [0.05, 0.1) is 12.7 Å². The lowest BCUT2D eigenvalue weighted by atomic mass is 10.1. The van der Waals surface area contributed by atoms with Crippen LogP contribution in [0.4, 0.5) is 0 Å². The van der Waals surface area contributed by atoms with Crippen LogP contribution >= 0.6 is 15.9 Å². The molecule has 3 atom stereocenters. The normalized spacial score (nSPS) is 26.3. The number of ether oxygens (including phenoxy) is 1. The first-order valence-electron chi connectivity index (χ1n) is 10.7. The quantitative estimate of drug-likeness (QED) is 0.359. The van der Waals surface area contributed by atoms with Gasteiger partial charge in [-0.3, -0.25) is 0 Å². The molecule has 30 heavy (non-hydrogen) atoms. The van der Waals surface area contributed by atoms with Gasteiger partial charge in [0.1, 0.15) is 16.4 Å². The van der Waals surface area contributed by atoms with Crippen molar-refractivity contribution < 1.29 is 18.7 Å². The fraction of sp³-hybridized carbons (Fsp3) is 0.773. The lowest BCUT2D eigenvalue weighted by Gasteiger charge is -2.40. The maximum absolute atomic E-state index is 11.4. The van der Waals surface area contributed by atoms with Crippen LogP contribution in [0.15, 0.2) is 22.8 Å². The van der Waals surface area contributed by atoms with E-state index in [0.717, 1.165) is 0 Å². The molecular formula is C22H40BrNO4Si2.